The van der Waals surface area contributed by atoms with E-state index in [1.54, 1.807) is 0 Å². The van der Waals surface area contributed by atoms with E-state index >= 15 is 0 Å². The maximum absolute atomic E-state index is 10.1. The first-order chi connectivity index (χ1) is 3.29. The molecule has 0 spiro atoms. The third kappa shape index (κ3) is 0.824. The summed E-state index contributed by atoms with van der Waals surface area (Å²) in [5.74, 6) is 0. The van der Waals surface area contributed by atoms with E-state index in [1.165, 1.54) is 0 Å². The lowest BCUT2D eigenvalue weighted by molar-refractivity contribution is 0.177. The minimum absolute atomic E-state index is 0.0486. The molecule has 7 heavy (non-hydrogen) atoms. The number of hydrogen-bond acceptors (Lipinski definition) is 2. The molecule has 1 atom stereocenters. The molecule has 1 fully saturated rings. The molecular formula is C4H6NO2. The number of alkyl carbamates (subject to hydrolysis) is 1. The van der Waals surface area contributed by atoms with Crippen molar-refractivity contribution in [2.24, 2.45) is 0 Å². The second-order valence-electron chi connectivity index (χ2n) is 1.44. The lowest BCUT2D eigenvalue weighted by atomic mass is 10.4. The zero-order valence-corrected chi connectivity index (χ0v) is 3.81. The molecule has 1 saturated heterocycles. The highest BCUT2D eigenvalue weighted by molar-refractivity contribution is 5.69. The van der Waals surface area contributed by atoms with Crippen LogP contribution >= 0.6 is 0 Å². The molecule has 3 nitrogen and oxygen atoms in total. The van der Waals surface area contributed by atoms with Gasteiger partial charge in [-0.05, 0) is 6.92 Å². The monoisotopic (exact) mass is 100 g/mol. The van der Waals surface area contributed by atoms with Crippen LogP contribution in [0.25, 0.3) is 0 Å². The van der Waals surface area contributed by atoms with Gasteiger partial charge in [0.1, 0.15) is 6.61 Å². The second-order valence-corrected chi connectivity index (χ2v) is 1.44. The average Bonchev–Trinajstić information content (AvgIpc) is 1.87. The average molecular weight is 100 g/mol. The van der Waals surface area contributed by atoms with Gasteiger partial charge in [0.25, 0.3) is 0 Å². The summed E-state index contributed by atoms with van der Waals surface area (Å²) in [5, 5.41) is 2.44. The minimum atomic E-state index is -0.361. The van der Waals surface area contributed by atoms with E-state index in [2.05, 4.69) is 17.0 Å². The molecule has 1 heterocycles. The normalized spacial score (nSPS) is 29.3. The topological polar surface area (TPSA) is 38.3 Å². The summed E-state index contributed by atoms with van der Waals surface area (Å²) in [6, 6.07) is -0.0486. The van der Waals surface area contributed by atoms with Crippen LogP contribution in [0.4, 0.5) is 4.79 Å². The number of amides is 1. The summed E-state index contributed by atoms with van der Waals surface area (Å²) in [4.78, 5) is 10.1. The number of carbonyl (C=O) groups excluding carboxylic acids is 1. The number of carbonyl (C=O) groups is 1. The van der Waals surface area contributed by atoms with Gasteiger partial charge in [0.15, 0.2) is 0 Å². The summed E-state index contributed by atoms with van der Waals surface area (Å²) in [6.45, 7) is 3.93. The molecule has 0 saturated carbocycles. The van der Waals surface area contributed by atoms with Gasteiger partial charge in [-0.1, -0.05) is 0 Å². The van der Waals surface area contributed by atoms with Gasteiger partial charge < -0.3 is 10.1 Å². The summed E-state index contributed by atoms with van der Waals surface area (Å²) in [5.41, 5.74) is 0. The van der Waals surface area contributed by atoms with Crippen LogP contribution in [0, 0.1) is 6.92 Å². The zero-order valence-electron chi connectivity index (χ0n) is 3.81. The van der Waals surface area contributed by atoms with E-state index < -0.39 is 0 Å². The minimum Gasteiger partial charge on any atom is -0.447 e. The Kier molecular flexibility index (Phi) is 0.889. The SMILES string of the molecule is [CH2][C@@H]1COC(=O)N1. The van der Waals surface area contributed by atoms with Gasteiger partial charge >= 0.3 is 6.09 Å². The van der Waals surface area contributed by atoms with Gasteiger partial charge in [0.05, 0.1) is 6.04 Å². The van der Waals surface area contributed by atoms with Crippen molar-refractivity contribution in [1.29, 1.82) is 0 Å². The van der Waals surface area contributed by atoms with Crippen LogP contribution in [-0.4, -0.2) is 18.7 Å². The van der Waals surface area contributed by atoms with E-state index in [1.807, 2.05) is 0 Å². The molecule has 1 aliphatic heterocycles. The van der Waals surface area contributed by atoms with Crippen molar-refractivity contribution in [3.05, 3.63) is 6.92 Å². The zero-order chi connectivity index (χ0) is 5.28. The molecule has 0 aliphatic carbocycles. The van der Waals surface area contributed by atoms with Crippen LogP contribution in [0.2, 0.25) is 0 Å². The van der Waals surface area contributed by atoms with Crippen molar-refractivity contribution in [3.63, 3.8) is 0 Å². The molecule has 0 aromatic heterocycles. The highest BCUT2D eigenvalue weighted by Crippen LogP contribution is 1.92. The lowest BCUT2D eigenvalue weighted by Crippen LogP contribution is -2.22. The largest absolute Gasteiger partial charge is 0.447 e. The number of hydrogen-bond donors (Lipinski definition) is 1. The molecule has 0 aromatic carbocycles. The quantitative estimate of drug-likeness (QED) is 0.462. The standard InChI is InChI=1S/C4H6NO2/c1-3-2-7-4(6)5-3/h3H,1-2H2,(H,5,6)/t3-/m1/s1. The third-order valence-corrected chi connectivity index (χ3v) is 0.738. The Morgan fingerprint density at radius 1 is 2.00 bits per heavy atom. The van der Waals surface area contributed by atoms with Crippen molar-refractivity contribution < 1.29 is 9.53 Å². The predicted octanol–water partition coefficient (Wildman–Crippen LogP) is -0.0711. The Hall–Kier alpha value is -0.730. The van der Waals surface area contributed by atoms with E-state index in [-0.39, 0.29) is 12.1 Å². The van der Waals surface area contributed by atoms with E-state index in [4.69, 9.17) is 0 Å². The van der Waals surface area contributed by atoms with Gasteiger partial charge in [-0.15, -0.1) is 0 Å². The van der Waals surface area contributed by atoms with Crippen molar-refractivity contribution >= 4 is 6.09 Å². The van der Waals surface area contributed by atoms with Gasteiger partial charge in [-0.2, -0.15) is 0 Å². The third-order valence-electron chi connectivity index (χ3n) is 0.738. The highest BCUT2D eigenvalue weighted by Gasteiger charge is 2.16. The molecule has 1 aliphatic rings. The molecule has 1 rings (SSSR count). The van der Waals surface area contributed by atoms with E-state index in [9.17, 15) is 4.79 Å². The Bertz CT molecular complexity index is 91.7. The Balaban J connectivity index is 2.40. The smallest absolute Gasteiger partial charge is 0.407 e. The molecule has 0 aromatic rings. The molecule has 1 N–H and O–H groups in total. The van der Waals surface area contributed by atoms with E-state index in [0.717, 1.165) is 0 Å². The summed E-state index contributed by atoms with van der Waals surface area (Å²) in [7, 11) is 0. The molecule has 0 unspecified atom stereocenters. The van der Waals surface area contributed by atoms with Crippen LogP contribution in [0.3, 0.4) is 0 Å². The van der Waals surface area contributed by atoms with Gasteiger partial charge in [-0.25, -0.2) is 4.79 Å². The van der Waals surface area contributed by atoms with Gasteiger partial charge in [-0.3, -0.25) is 0 Å². The predicted molar refractivity (Wildman–Crippen MR) is 23.6 cm³/mol. The van der Waals surface area contributed by atoms with Crippen LogP contribution in [0.1, 0.15) is 0 Å². The maximum Gasteiger partial charge on any atom is 0.407 e. The highest BCUT2D eigenvalue weighted by atomic mass is 16.6. The van der Waals surface area contributed by atoms with Crippen LogP contribution in [0.5, 0.6) is 0 Å². The maximum atomic E-state index is 10.1. The molecule has 39 valence electrons. The van der Waals surface area contributed by atoms with Crippen LogP contribution < -0.4 is 5.32 Å². The summed E-state index contributed by atoms with van der Waals surface area (Å²) < 4.78 is 4.45. The Labute approximate surface area is 41.7 Å². The second kappa shape index (κ2) is 1.40. The fourth-order valence-electron chi connectivity index (χ4n) is 0.426. The molecule has 1 amide bonds. The first-order valence-corrected chi connectivity index (χ1v) is 2.05. The Morgan fingerprint density at radius 3 is 2.86 bits per heavy atom. The Morgan fingerprint density at radius 2 is 2.71 bits per heavy atom. The van der Waals surface area contributed by atoms with Crippen LogP contribution in [-0.2, 0) is 4.74 Å². The fourth-order valence-corrected chi connectivity index (χ4v) is 0.426. The number of nitrogens with one attached hydrogen (secondary N) is 1. The van der Waals surface area contributed by atoms with Crippen molar-refractivity contribution in [2.75, 3.05) is 6.61 Å². The first-order valence-electron chi connectivity index (χ1n) is 2.05. The molecule has 0 bridgehead atoms. The van der Waals surface area contributed by atoms with Crippen molar-refractivity contribution in [1.82, 2.24) is 5.32 Å². The van der Waals surface area contributed by atoms with Gasteiger partial charge in [0, 0.05) is 0 Å². The first kappa shape index (κ1) is 4.43. The molecular weight excluding hydrogens is 94.0 g/mol. The van der Waals surface area contributed by atoms with Crippen molar-refractivity contribution in [3.8, 4) is 0 Å². The van der Waals surface area contributed by atoms with Crippen LogP contribution in [0.15, 0.2) is 0 Å². The number of rotatable bonds is 0. The summed E-state index contributed by atoms with van der Waals surface area (Å²) in [6.07, 6.45) is -0.361. The lowest BCUT2D eigenvalue weighted by Gasteiger charge is -1.90. The van der Waals surface area contributed by atoms with E-state index in [0.29, 0.717) is 6.61 Å². The number of ether oxygens (including phenoxy) is 1. The van der Waals surface area contributed by atoms with Gasteiger partial charge in [0.2, 0.25) is 0 Å². The molecule has 1 radical (unpaired) electrons. The fraction of sp³-hybridized carbons (Fsp3) is 0.500. The molecule has 3 heteroatoms. The number of cyclic esters (lactones) is 1. The summed E-state index contributed by atoms with van der Waals surface area (Å²) >= 11 is 0. The van der Waals surface area contributed by atoms with Crippen molar-refractivity contribution in [2.45, 2.75) is 6.04 Å².